The minimum absolute atomic E-state index is 0.0943. The summed E-state index contributed by atoms with van der Waals surface area (Å²) >= 11 is 0. The molecule has 22 heavy (non-hydrogen) atoms. The van der Waals surface area contributed by atoms with E-state index in [0.29, 0.717) is 23.4 Å². The van der Waals surface area contributed by atoms with Crippen LogP contribution in [-0.2, 0) is 9.53 Å². The van der Waals surface area contributed by atoms with Crippen molar-refractivity contribution in [3.05, 3.63) is 23.3 Å². The van der Waals surface area contributed by atoms with Crippen molar-refractivity contribution < 1.29 is 9.53 Å². The molecule has 0 unspecified atom stereocenters. The number of carbonyl (C=O) groups excluding carboxylic acids is 1. The van der Waals surface area contributed by atoms with Crippen molar-refractivity contribution in [2.75, 3.05) is 6.61 Å². The number of allylic oxidation sites excluding steroid dienone is 2. The number of esters is 1. The lowest BCUT2D eigenvalue weighted by atomic mass is 9.48. The lowest BCUT2D eigenvalue weighted by Gasteiger charge is -2.57. The van der Waals surface area contributed by atoms with Gasteiger partial charge in [0.1, 0.15) is 6.61 Å². The van der Waals surface area contributed by atoms with E-state index in [2.05, 4.69) is 33.8 Å². The van der Waals surface area contributed by atoms with Gasteiger partial charge in [-0.05, 0) is 67.8 Å². The van der Waals surface area contributed by atoms with Crippen LogP contribution in [0.4, 0.5) is 0 Å². The van der Waals surface area contributed by atoms with Gasteiger partial charge < -0.3 is 4.74 Å². The van der Waals surface area contributed by atoms with Crippen molar-refractivity contribution in [3.63, 3.8) is 0 Å². The van der Waals surface area contributed by atoms with Crippen LogP contribution in [0.15, 0.2) is 23.3 Å². The zero-order valence-corrected chi connectivity index (χ0v) is 14.6. The Morgan fingerprint density at radius 1 is 1.23 bits per heavy atom. The summed E-state index contributed by atoms with van der Waals surface area (Å²) < 4.78 is 5.05. The van der Waals surface area contributed by atoms with Crippen molar-refractivity contribution in [1.82, 2.24) is 0 Å². The van der Waals surface area contributed by atoms with Gasteiger partial charge in [0.25, 0.3) is 0 Å². The van der Waals surface area contributed by atoms with Crippen LogP contribution < -0.4 is 0 Å². The summed E-state index contributed by atoms with van der Waals surface area (Å²) in [6, 6.07) is 0. The lowest BCUT2D eigenvalue weighted by Crippen LogP contribution is -2.48. The van der Waals surface area contributed by atoms with E-state index in [1.807, 2.05) is 6.08 Å². The Hall–Kier alpha value is -1.05. The van der Waals surface area contributed by atoms with E-state index < -0.39 is 0 Å². The largest absolute Gasteiger partial charge is 0.458 e. The molecule has 3 aliphatic rings. The second kappa shape index (κ2) is 5.54. The second-order valence-corrected chi connectivity index (χ2v) is 8.50. The molecule has 1 saturated carbocycles. The Morgan fingerprint density at radius 2 is 2.00 bits per heavy atom. The number of ether oxygens (including phenoxy) is 1. The third-order valence-corrected chi connectivity index (χ3v) is 6.81. The van der Waals surface area contributed by atoms with E-state index in [0.717, 1.165) is 24.3 Å². The Bertz CT molecular complexity index is 526. The molecule has 1 aliphatic heterocycles. The molecule has 3 rings (SSSR count). The Morgan fingerprint density at radius 3 is 2.68 bits per heavy atom. The van der Waals surface area contributed by atoms with E-state index in [1.54, 1.807) is 5.57 Å². The predicted molar refractivity (Wildman–Crippen MR) is 89.4 cm³/mol. The Kier molecular flexibility index (Phi) is 3.99. The number of carbonyl (C=O) groups is 1. The van der Waals surface area contributed by atoms with Crippen molar-refractivity contribution in [2.24, 2.45) is 22.7 Å². The summed E-state index contributed by atoms with van der Waals surface area (Å²) in [5, 5.41) is 0. The van der Waals surface area contributed by atoms with Crippen LogP contribution in [0.5, 0.6) is 0 Å². The van der Waals surface area contributed by atoms with E-state index in [4.69, 9.17) is 4.74 Å². The number of fused-ring (bicyclic) bond motifs is 1. The van der Waals surface area contributed by atoms with Gasteiger partial charge in [-0.2, -0.15) is 0 Å². The topological polar surface area (TPSA) is 26.3 Å². The molecule has 0 N–H and O–H groups in total. The van der Waals surface area contributed by atoms with Crippen molar-refractivity contribution in [3.8, 4) is 0 Å². The third kappa shape index (κ3) is 2.55. The first-order chi connectivity index (χ1) is 10.3. The fraction of sp³-hybridized carbons (Fsp3) is 0.750. The summed E-state index contributed by atoms with van der Waals surface area (Å²) in [6.07, 6.45) is 11.7. The normalized spacial score (nSPS) is 37.2. The van der Waals surface area contributed by atoms with Gasteiger partial charge >= 0.3 is 5.97 Å². The third-order valence-electron chi connectivity index (χ3n) is 6.81. The minimum Gasteiger partial charge on any atom is -0.458 e. The fourth-order valence-electron chi connectivity index (χ4n) is 5.59. The number of rotatable bonds is 3. The van der Waals surface area contributed by atoms with Gasteiger partial charge in [0, 0.05) is 5.57 Å². The van der Waals surface area contributed by atoms with Gasteiger partial charge in [0.2, 0.25) is 0 Å². The summed E-state index contributed by atoms with van der Waals surface area (Å²) in [6.45, 7) is 10.2. The van der Waals surface area contributed by atoms with E-state index in [-0.39, 0.29) is 5.97 Å². The molecule has 2 aliphatic carbocycles. The first kappa shape index (κ1) is 15.8. The first-order valence-corrected chi connectivity index (χ1v) is 8.87. The molecule has 2 heteroatoms. The molecule has 122 valence electrons. The number of hydrogen-bond donors (Lipinski definition) is 0. The molecular formula is C20H30O2. The monoisotopic (exact) mass is 302 g/mol. The van der Waals surface area contributed by atoms with Crippen LogP contribution in [0.25, 0.3) is 0 Å². The van der Waals surface area contributed by atoms with Crippen molar-refractivity contribution in [1.29, 1.82) is 0 Å². The smallest absolute Gasteiger partial charge is 0.334 e. The molecular weight excluding hydrogens is 272 g/mol. The fourth-order valence-corrected chi connectivity index (χ4v) is 5.59. The molecule has 0 amide bonds. The van der Waals surface area contributed by atoms with Crippen LogP contribution in [-0.4, -0.2) is 12.6 Å². The summed E-state index contributed by atoms with van der Waals surface area (Å²) in [4.78, 5) is 11.7. The van der Waals surface area contributed by atoms with Gasteiger partial charge in [-0.25, -0.2) is 4.79 Å². The van der Waals surface area contributed by atoms with Gasteiger partial charge in [-0.15, -0.1) is 0 Å². The van der Waals surface area contributed by atoms with Gasteiger partial charge in [0.05, 0.1) is 0 Å². The highest BCUT2D eigenvalue weighted by atomic mass is 16.5. The SMILES string of the molecule is CC1=CC[C@@H]2C(C)(C)CCC[C@@]2(C)[C@@H]1CCC1=CCOC1=O. The van der Waals surface area contributed by atoms with Gasteiger partial charge in [-0.3, -0.25) is 0 Å². The molecule has 3 atom stereocenters. The molecule has 0 radical (unpaired) electrons. The molecule has 0 aromatic rings. The minimum atomic E-state index is -0.0943. The Labute approximate surface area is 135 Å². The van der Waals surface area contributed by atoms with E-state index >= 15 is 0 Å². The molecule has 0 aromatic heterocycles. The van der Waals surface area contributed by atoms with E-state index in [9.17, 15) is 4.79 Å². The van der Waals surface area contributed by atoms with Crippen LogP contribution in [0.1, 0.15) is 66.2 Å². The van der Waals surface area contributed by atoms with Gasteiger partial charge in [-0.1, -0.05) is 38.8 Å². The van der Waals surface area contributed by atoms with Crippen molar-refractivity contribution >= 4 is 5.97 Å². The maximum atomic E-state index is 11.7. The molecule has 0 bridgehead atoms. The van der Waals surface area contributed by atoms with Gasteiger partial charge in [0.15, 0.2) is 0 Å². The molecule has 1 heterocycles. The summed E-state index contributed by atoms with van der Waals surface area (Å²) in [5.41, 5.74) is 3.27. The second-order valence-electron chi connectivity index (χ2n) is 8.50. The lowest BCUT2D eigenvalue weighted by molar-refractivity contribution is -0.136. The summed E-state index contributed by atoms with van der Waals surface area (Å²) in [7, 11) is 0. The molecule has 2 nitrogen and oxygen atoms in total. The quantitative estimate of drug-likeness (QED) is 0.539. The average molecular weight is 302 g/mol. The molecule has 0 saturated heterocycles. The molecule has 0 aromatic carbocycles. The zero-order valence-electron chi connectivity index (χ0n) is 14.6. The van der Waals surface area contributed by atoms with Crippen LogP contribution in [0.2, 0.25) is 0 Å². The van der Waals surface area contributed by atoms with Crippen LogP contribution in [0, 0.1) is 22.7 Å². The van der Waals surface area contributed by atoms with Crippen LogP contribution in [0.3, 0.4) is 0 Å². The average Bonchev–Trinajstić information content (AvgIpc) is 2.82. The molecule has 0 spiro atoms. The maximum absolute atomic E-state index is 11.7. The first-order valence-electron chi connectivity index (χ1n) is 8.87. The predicted octanol–water partition coefficient (Wildman–Crippen LogP) is 5.05. The highest BCUT2D eigenvalue weighted by Gasteiger charge is 2.51. The van der Waals surface area contributed by atoms with Crippen molar-refractivity contribution in [2.45, 2.75) is 66.2 Å². The standard InChI is InChI=1S/C20H30O2/c1-14-6-9-17-19(2,3)11-5-12-20(17,4)16(14)8-7-15-10-13-22-18(15)21/h6,10,16-17H,5,7-9,11-13H2,1-4H3/t16-,17-,20+/m1/s1. The number of cyclic esters (lactones) is 1. The summed E-state index contributed by atoms with van der Waals surface area (Å²) in [5.74, 6) is 1.29. The highest BCUT2D eigenvalue weighted by Crippen LogP contribution is 2.60. The molecule has 1 fully saturated rings. The number of hydrogen-bond acceptors (Lipinski definition) is 2. The highest BCUT2D eigenvalue weighted by molar-refractivity contribution is 5.90. The maximum Gasteiger partial charge on any atom is 0.334 e. The van der Waals surface area contributed by atoms with E-state index in [1.165, 1.54) is 25.7 Å². The van der Waals surface area contributed by atoms with Crippen LogP contribution >= 0.6 is 0 Å². The Balaban J connectivity index is 1.80. The zero-order chi connectivity index (χ0) is 16.0.